The van der Waals surface area contributed by atoms with Gasteiger partial charge < -0.3 is 14.4 Å². The topological polar surface area (TPSA) is 21.7 Å². The average Bonchev–Trinajstić information content (AvgIpc) is 3.46. The molecule has 1 fully saturated rings. The van der Waals surface area contributed by atoms with Gasteiger partial charge in [0.15, 0.2) is 5.79 Å². The largest absolute Gasteiger partial charge is 0.347 e. The summed E-state index contributed by atoms with van der Waals surface area (Å²) in [5.74, 6) is -0.318. The van der Waals surface area contributed by atoms with Crippen molar-refractivity contribution in [3.8, 4) is 0 Å². The molecule has 1 atom stereocenters. The summed E-state index contributed by atoms with van der Waals surface area (Å²) in [5, 5.41) is 0. The third-order valence-electron chi connectivity index (χ3n) is 9.33. The molecule has 1 heterocycles. The van der Waals surface area contributed by atoms with Crippen molar-refractivity contribution in [3.05, 3.63) is 48.6 Å². The first-order valence-electron chi connectivity index (χ1n) is 20.2. The first-order valence-corrected chi connectivity index (χ1v) is 20.2. The Balaban J connectivity index is 2.16. The highest BCUT2D eigenvalue weighted by atomic mass is 16.7. The maximum atomic E-state index is 6.67. The van der Waals surface area contributed by atoms with E-state index in [4.69, 9.17) is 9.47 Å². The standard InChI is InChI=1S/C43H79NO2/c1-5-7-9-11-13-15-17-19-21-23-25-27-29-31-33-35-38-43(45-41-42(46-43)37-40-44(3)4)39-36-34-32-30-28-26-24-22-20-18-16-14-12-10-8-6-2/h13-16,19-22,42H,5-12,17-18,23-41H2,1-4H3/t42-,43?/m0/s1. The Morgan fingerprint density at radius 2 is 0.913 bits per heavy atom. The normalized spacial score (nSPS) is 19.0. The van der Waals surface area contributed by atoms with Crippen LogP contribution in [0.3, 0.4) is 0 Å². The minimum atomic E-state index is -0.318. The number of unbranched alkanes of at least 4 members (excludes halogenated alkanes) is 18. The number of hydrogen-bond acceptors (Lipinski definition) is 3. The average molecular weight is 642 g/mol. The quantitative estimate of drug-likeness (QED) is 0.0526. The van der Waals surface area contributed by atoms with Gasteiger partial charge in [0.1, 0.15) is 0 Å². The van der Waals surface area contributed by atoms with Crippen LogP contribution in [0.25, 0.3) is 0 Å². The number of allylic oxidation sites excluding steroid dienone is 8. The lowest BCUT2D eigenvalue weighted by Gasteiger charge is -2.29. The third-order valence-corrected chi connectivity index (χ3v) is 9.33. The highest BCUT2D eigenvalue weighted by Crippen LogP contribution is 2.35. The maximum Gasteiger partial charge on any atom is 0.168 e. The van der Waals surface area contributed by atoms with Gasteiger partial charge in [-0.05, 0) is 97.6 Å². The van der Waals surface area contributed by atoms with Crippen molar-refractivity contribution in [2.24, 2.45) is 0 Å². The highest BCUT2D eigenvalue weighted by Gasteiger charge is 2.40. The second-order valence-electron chi connectivity index (χ2n) is 14.2. The van der Waals surface area contributed by atoms with Crippen LogP contribution >= 0.6 is 0 Å². The van der Waals surface area contributed by atoms with Gasteiger partial charge in [-0.2, -0.15) is 0 Å². The van der Waals surface area contributed by atoms with Gasteiger partial charge in [-0.3, -0.25) is 0 Å². The summed E-state index contributed by atoms with van der Waals surface area (Å²) in [5.41, 5.74) is 0. The van der Waals surface area contributed by atoms with Crippen LogP contribution < -0.4 is 0 Å². The van der Waals surface area contributed by atoms with Crippen LogP contribution in [-0.4, -0.2) is 44.0 Å². The summed E-state index contributed by atoms with van der Waals surface area (Å²) in [7, 11) is 4.30. The monoisotopic (exact) mass is 642 g/mol. The predicted octanol–water partition coefficient (Wildman–Crippen LogP) is 13.5. The van der Waals surface area contributed by atoms with Crippen LogP contribution in [0.4, 0.5) is 0 Å². The van der Waals surface area contributed by atoms with Crippen molar-refractivity contribution in [2.45, 2.75) is 199 Å². The minimum absolute atomic E-state index is 0.261. The van der Waals surface area contributed by atoms with E-state index in [0.29, 0.717) is 0 Å². The Bertz CT molecular complexity index is 704. The van der Waals surface area contributed by atoms with E-state index in [0.717, 1.165) is 45.3 Å². The lowest BCUT2D eigenvalue weighted by molar-refractivity contribution is -0.180. The van der Waals surface area contributed by atoms with Gasteiger partial charge in [0.2, 0.25) is 0 Å². The Morgan fingerprint density at radius 1 is 0.522 bits per heavy atom. The first kappa shape index (κ1) is 42.9. The molecule has 1 rings (SSSR count). The van der Waals surface area contributed by atoms with Crippen LogP contribution in [-0.2, 0) is 9.47 Å². The molecule has 0 aromatic rings. The van der Waals surface area contributed by atoms with Crippen molar-refractivity contribution < 1.29 is 9.47 Å². The van der Waals surface area contributed by atoms with Gasteiger partial charge in [-0.1, -0.05) is 140 Å². The number of rotatable bonds is 33. The summed E-state index contributed by atoms with van der Waals surface area (Å²) in [6, 6.07) is 0. The van der Waals surface area contributed by atoms with Crippen LogP contribution in [0.1, 0.15) is 187 Å². The summed E-state index contributed by atoms with van der Waals surface area (Å²) >= 11 is 0. The van der Waals surface area contributed by atoms with Crippen LogP contribution in [0, 0.1) is 0 Å². The van der Waals surface area contributed by atoms with Gasteiger partial charge in [0.25, 0.3) is 0 Å². The molecule has 0 radical (unpaired) electrons. The van der Waals surface area contributed by atoms with E-state index in [1.807, 2.05) is 0 Å². The fourth-order valence-corrected chi connectivity index (χ4v) is 6.31. The number of ether oxygens (including phenoxy) is 2. The van der Waals surface area contributed by atoms with E-state index in [9.17, 15) is 0 Å². The zero-order valence-electron chi connectivity index (χ0n) is 31.5. The lowest BCUT2D eigenvalue weighted by Crippen LogP contribution is -2.31. The van der Waals surface area contributed by atoms with Crippen LogP contribution in [0.2, 0.25) is 0 Å². The lowest BCUT2D eigenvalue weighted by atomic mass is 9.98. The molecule has 0 amide bonds. The minimum Gasteiger partial charge on any atom is -0.347 e. The third kappa shape index (κ3) is 26.9. The van der Waals surface area contributed by atoms with E-state index in [2.05, 4.69) is 81.5 Å². The summed E-state index contributed by atoms with van der Waals surface area (Å²) in [4.78, 5) is 2.26. The Labute approximate surface area is 288 Å². The molecule has 0 aliphatic carbocycles. The molecule has 268 valence electrons. The van der Waals surface area contributed by atoms with Gasteiger partial charge in [-0.25, -0.2) is 0 Å². The molecular formula is C43H79NO2. The molecule has 3 nitrogen and oxygen atoms in total. The van der Waals surface area contributed by atoms with Gasteiger partial charge in [0.05, 0.1) is 12.7 Å². The fourth-order valence-electron chi connectivity index (χ4n) is 6.31. The molecule has 0 aromatic heterocycles. The molecular weight excluding hydrogens is 562 g/mol. The van der Waals surface area contributed by atoms with Crippen molar-refractivity contribution >= 4 is 0 Å². The van der Waals surface area contributed by atoms with Gasteiger partial charge in [0, 0.05) is 19.4 Å². The molecule has 1 saturated heterocycles. The highest BCUT2D eigenvalue weighted by molar-refractivity contribution is 4.93. The van der Waals surface area contributed by atoms with Crippen molar-refractivity contribution in [3.63, 3.8) is 0 Å². The fraction of sp³-hybridized carbons (Fsp3) is 0.814. The first-order chi connectivity index (χ1) is 22.6. The molecule has 0 aromatic carbocycles. The van der Waals surface area contributed by atoms with Crippen LogP contribution in [0.15, 0.2) is 48.6 Å². The van der Waals surface area contributed by atoms with E-state index < -0.39 is 0 Å². The molecule has 0 bridgehead atoms. The zero-order valence-corrected chi connectivity index (χ0v) is 31.5. The maximum absolute atomic E-state index is 6.67. The summed E-state index contributed by atoms with van der Waals surface area (Å²) in [6.45, 7) is 6.38. The summed E-state index contributed by atoms with van der Waals surface area (Å²) < 4.78 is 13.1. The zero-order chi connectivity index (χ0) is 33.2. The molecule has 0 spiro atoms. The second kappa shape index (κ2) is 32.4. The second-order valence-corrected chi connectivity index (χ2v) is 14.2. The number of nitrogens with zero attached hydrogens (tertiary/aromatic N) is 1. The molecule has 46 heavy (non-hydrogen) atoms. The van der Waals surface area contributed by atoms with E-state index in [1.165, 1.54) is 141 Å². The van der Waals surface area contributed by atoms with Crippen molar-refractivity contribution in [1.82, 2.24) is 4.90 Å². The molecule has 3 heteroatoms. The Kier molecular flexibility index (Phi) is 30.2. The smallest absolute Gasteiger partial charge is 0.168 e. The van der Waals surface area contributed by atoms with Crippen molar-refractivity contribution in [1.29, 1.82) is 0 Å². The van der Waals surface area contributed by atoms with Crippen LogP contribution in [0.5, 0.6) is 0 Å². The summed E-state index contributed by atoms with van der Waals surface area (Å²) in [6.07, 6.45) is 53.3. The molecule has 1 aliphatic heterocycles. The van der Waals surface area contributed by atoms with Gasteiger partial charge in [-0.15, -0.1) is 0 Å². The van der Waals surface area contributed by atoms with E-state index >= 15 is 0 Å². The van der Waals surface area contributed by atoms with Gasteiger partial charge >= 0.3 is 0 Å². The van der Waals surface area contributed by atoms with Crippen molar-refractivity contribution in [2.75, 3.05) is 27.2 Å². The molecule has 0 N–H and O–H groups in total. The Morgan fingerprint density at radius 3 is 1.33 bits per heavy atom. The number of hydrogen-bond donors (Lipinski definition) is 0. The molecule has 0 saturated carbocycles. The molecule has 0 unspecified atom stereocenters. The molecule has 1 aliphatic rings. The Hall–Kier alpha value is -1.16. The predicted molar refractivity (Wildman–Crippen MR) is 205 cm³/mol. The van der Waals surface area contributed by atoms with E-state index in [1.54, 1.807) is 0 Å². The SMILES string of the molecule is CCCCCC=CCC=CCCCCCCCCC1(CCCCCCCCC=CCC=CCCCCC)OC[C@H](CCN(C)C)O1. The van der Waals surface area contributed by atoms with E-state index in [-0.39, 0.29) is 11.9 Å².